The van der Waals surface area contributed by atoms with E-state index in [4.69, 9.17) is 20.3 Å². The molecule has 3 heterocycles. The second-order valence-corrected chi connectivity index (χ2v) is 10.6. The van der Waals surface area contributed by atoms with E-state index in [2.05, 4.69) is 10.2 Å². The van der Waals surface area contributed by atoms with Gasteiger partial charge in [-0.05, 0) is 63.6 Å². The van der Waals surface area contributed by atoms with Crippen LogP contribution in [0.2, 0.25) is 0 Å². The van der Waals surface area contributed by atoms with Crippen molar-refractivity contribution in [2.45, 2.75) is 38.8 Å². The largest absolute Gasteiger partial charge is 0.454 e. The number of nitrogens with two attached hydrogens (primary N) is 1. The minimum absolute atomic E-state index is 0.0370. The SMILES string of the molecule is CC(C)(C)OC(=O)N1CCN(C2CCNc3c2nn(-c2ccc(Oc4ccccc4F)cc2)c3C(N)=O)CC1. The second kappa shape index (κ2) is 10.6. The smallest absolute Gasteiger partial charge is 0.410 e. The molecule has 1 aromatic heterocycles. The number of nitrogens with zero attached hydrogens (tertiary/aromatic N) is 4. The summed E-state index contributed by atoms with van der Waals surface area (Å²) in [7, 11) is 0. The number of benzene rings is 2. The molecule has 3 aromatic rings. The Bertz CT molecular complexity index is 1360. The van der Waals surface area contributed by atoms with Crippen molar-refractivity contribution >= 4 is 17.7 Å². The summed E-state index contributed by atoms with van der Waals surface area (Å²) in [6, 6.07) is 13.0. The zero-order valence-electron chi connectivity index (χ0n) is 22.3. The molecule has 1 unspecified atom stereocenters. The zero-order valence-corrected chi connectivity index (χ0v) is 22.3. The Labute approximate surface area is 226 Å². The molecule has 0 radical (unpaired) electrons. The van der Waals surface area contributed by atoms with Gasteiger partial charge in [-0.25, -0.2) is 13.9 Å². The number of piperazine rings is 1. The highest BCUT2D eigenvalue weighted by atomic mass is 19.1. The topological polar surface area (TPSA) is 115 Å². The van der Waals surface area contributed by atoms with Gasteiger partial charge in [0.15, 0.2) is 17.3 Å². The highest BCUT2D eigenvalue weighted by Gasteiger charge is 2.36. The molecule has 3 N–H and O–H groups in total. The molecule has 2 aromatic carbocycles. The standard InChI is InChI=1S/C28H33FN6O4/c1-28(2,3)39-27(37)34-16-14-33(15-17-34)21-12-13-31-24-23(21)32-35(25(24)26(30)36)18-8-10-19(11-9-18)38-22-7-5-4-6-20(22)29/h4-11,21,31H,12-17H2,1-3H3,(H2,30,36). The Balaban J connectivity index is 1.36. The maximum atomic E-state index is 14.0. The minimum Gasteiger partial charge on any atom is -0.454 e. The van der Waals surface area contributed by atoms with Crippen molar-refractivity contribution in [1.29, 1.82) is 0 Å². The molecule has 11 heteroatoms. The van der Waals surface area contributed by atoms with Gasteiger partial charge in [0.05, 0.1) is 17.4 Å². The molecule has 0 aliphatic carbocycles. The number of amides is 2. The lowest BCUT2D eigenvalue weighted by Gasteiger charge is -2.40. The maximum Gasteiger partial charge on any atom is 0.410 e. The van der Waals surface area contributed by atoms with E-state index in [1.54, 1.807) is 52.0 Å². The average molecular weight is 537 g/mol. The number of para-hydroxylation sites is 1. The van der Waals surface area contributed by atoms with Crippen LogP contribution in [0.25, 0.3) is 5.69 Å². The first-order chi connectivity index (χ1) is 18.6. The number of carbonyl (C=O) groups is 2. The molecular formula is C28H33FN6O4. The van der Waals surface area contributed by atoms with Crippen molar-refractivity contribution in [2.24, 2.45) is 5.73 Å². The second-order valence-electron chi connectivity index (χ2n) is 10.6. The van der Waals surface area contributed by atoms with E-state index in [0.29, 0.717) is 49.8 Å². The fourth-order valence-corrected chi connectivity index (χ4v) is 4.94. The number of hydrogen-bond donors (Lipinski definition) is 2. The molecule has 0 spiro atoms. The van der Waals surface area contributed by atoms with Crippen LogP contribution in [0, 0.1) is 5.82 Å². The van der Waals surface area contributed by atoms with E-state index in [-0.39, 0.29) is 23.6 Å². The van der Waals surface area contributed by atoms with E-state index < -0.39 is 17.3 Å². The third kappa shape index (κ3) is 5.68. The number of carbonyl (C=O) groups excluding carboxylic acids is 2. The Morgan fingerprint density at radius 1 is 1.05 bits per heavy atom. The van der Waals surface area contributed by atoms with Gasteiger partial charge in [-0.1, -0.05) is 12.1 Å². The number of rotatable bonds is 5. The summed E-state index contributed by atoms with van der Waals surface area (Å²) in [6.07, 6.45) is 0.486. The minimum atomic E-state index is -0.599. The number of nitrogens with one attached hydrogen (secondary N) is 1. The van der Waals surface area contributed by atoms with Crippen LogP contribution < -0.4 is 15.8 Å². The molecule has 206 valence electrons. The molecule has 39 heavy (non-hydrogen) atoms. The van der Waals surface area contributed by atoms with Gasteiger partial charge in [0, 0.05) is 32.7 Å². The quantitative estimate of drug-likeness (QED) is 0.499. The highest BCUT2D eigenvalue weighted by molar-refractivity contribution is 5.98. The first-order valence-corrected chi connectivity index (χ1v) is 13.0. The third-order valence-corrected chi connectivity index (χ3v) is 6.73. The Hall–Kier alpha value is -4.12. The monoisotopic (exact) mass is 536 g/mol. The van der Waals surface area contributed by atoms with E-state index in [9.17, 15) is 14.0 Å². The summed E-state index contributed by atoms with van der Waals surface area (Å²) in [6.45, 7) is 8.62. The fourth-order valence-electron chi connectivity index (χ4n) is 4.94. The lowest BCUT2D eigenvalue weighted by Crippen LogP contribution is -2.51. The van der Waals surface area contributed by atoms with Gasteiger partial charge in [0.1, 0.15) is 17.0 Å². The van der Waals surface area contributed by atoms with Crippen molar-refractivity contribution in [2.75, 3.05) is 38.0 Å². The van der Waals surface area contributed by atoms with E-state index in [0.717, 1.165) is 12.1 Å². The van der Waals surface area contributed by atoms with Crippen LogP contribution in [-0.2, 0) is 4.74 Å². The molecule has 10 nitrogen and oxygen atoms in total. The van der Waals surface area contributed by atoms with E-state index in [1.807, 2.05) is 20.8 Å². The molecule has 2 aliphatic rings. The van der Waals surface area contributed by atoms with Crippen molar-refractivity contribution in [3.8, 4) is 17.2 Å². The Morgan fingerprint density at radius 3 is 2.38 bits per heavy atom. The first-order valence-electron chi connectivity index (χ1n) is 13.0. The van der Waals surface area contributed by atoms with E-state index in [1.165, 1.54) is 6.07 Å². The van der Waals surface area contributed by atoms with Crippen molar-refractivity contribution in [3.05, 3.63) is 65.7 Å². The summed E-state index contributed by atoms with van der Waals surface area (Å²) in [5.74, 6) is -0.489. The molecule has 2 amide bonds. The maximum absolute atomic E-state index is 14.0. The van der Waals surface area contributed by atoms with Crippen LogP contribution >= 0.6 is 0 Å². The van der Waals surface area contributed by atoms with Crippen molar-refractivity contribution in [1.82, 2.24) is 19.6 Å². The average Bonchev–Trinajstić information content (AvgIpc) is 3.30. The number of anilines is 1. The zero-order chi connectivity index (χ0) is 27.7. The van der Waals surface area contributed by atoms with Gasteiger partial charge in [-0.2, -0.15) is 5.10 Å². The molecule has 0 saturated carbocycles. The van der Waals surface area contributed by atoms with Crippen LogP contribution in [0.1, 0.15) is 49.4 Å². The summed E-state index contributed by atoms with van der Waals surface area (Å²) in [4.78, 5) is 29.1. The van der Waals surface area contributed by atoms with Crippen LogP contribution in [0.4, 0.5) is 14.9 Å². The van der Waals surface area contributed by atoms with Gasteiger partial charge in [0.2, 0.25) is 0 Å². The molecular weight excluding hydrogens is 503 g/mol. The number of hydrogen-bond acceptors (Lipinski definition) is 7. The third-order valence-electron chi connectivity index (χ3n) is 6.73. The summed E-state index contributed by atoms with van der Waals surface area (Å²) < 4.78 is 26.7. The lowest BCUT2D eigenvalue weighted by molar-refractivity contribution is 0.00952. The highest BCUT2D eigenvalue weighted by Crippen LogP contribution is 2.37. The number of aromatic nitrogens is 2. The predicted molar refractivity (Wildman–Crippen MR) is 144 cm³/mol. The first kappa shape index (κ1) is 26.5. The number of fused-ring (bicyclic) bond motifs is 1. The van der Waals surface area contributed by atoms with E-state index >= 15 is 0 Å². The van der Waals surface area contributed by atoms with Gasteiger partial charge in [-0.3, -0.25) is 9.69 Å². The predicted octanol–water partition coefficient (Wildman–Crippen LogP) is 4.31. The fraction of sp³-hybridized carbons (Fsp3) is 0.393. The van der Waals surface area contributed by atoms with Crippen LogP contribution in [0.5, 0.6) is 11.5 Å². The Kier molecular flexibility index (Phi) is 7.17. The Morgan fingerprint density at radius 2 is 1.74 bits per heavy atom. The molecule has 1 saturated heterocycles. The summed E-state index contributed by atoms with van der Waals surface area (Å²) in [5.41, 5.74) is 7.53. The number of ether oxygens (including phenoxy) is 2. The van der Waals surface area contributed by atoms with Crippen molar-refractivity contribution in [3.63, 3.8) is 0 Å². The molecule has 1 fully saturated rings. The van der Waals surface area contributed by atoms with Gasteiger partial charge < -0.3 is 25.4 Å². The van der Waals surface area contributed by atoms with Gasteiger partial charge in [-0.15, -0.1) is 0 Å². The van der Waals surface area contributed by atoms with Gasteiger partial charge in [0.25, 0.3) is 5.91 Å². The lowest BCUT2D eigenvalue weighted by atomic mass is 10.0. The molecule has 5 rings (SSSR count). The van der Waals surface area contributed by atoms with Crippen LogP contribution in [-0.4, -0.2) is 69.9 Å². The van der Waals surface area contributed by atoms with Crippen molar-refractivity contribution < 1.29 is 23.5 Å². The summed E-state index contributed by atoms with van der Waals surface area (Å²) in [5, 5.41) is 8.15. The molecule has 2 aliphatic heterocycles. The van der Waals surface area contributed by atoms with Crippen LogP contribution in [0.15, 0.2) is 48.5 Å². The summed E-state index contributed by atoms with van der Waals surface area (Å²) >= 11 is 0. The normalized spacial score (nSPS) is 17.7. The molecule has 0 bridgehead atoms. The van der Waals surface area contributed by atoms with Gasteiger partial charge >= 0.3 is 6.09 Å². The molecule has 1 atom stereocenters. The number of halogens is 1. The number of primary amides is 1. The van der Waals surface area contributed by atoms with Crippen LogP contribution in [0.3, 0.4) is 0 Å².